The minimum Gasteiger partial charge on any atom is -0.399 e. The van der Waals surface area contributed by atoms with Crippen LogP contribution in [0, 0.1) is 11.8 Å². The van der Waals surface area contributed by atoms with Crippen molar-refractivity contribution in [3.63, 3.8) is 0 Å². The van der Waals surface area contributed by atoms with Gasteiger partial charge in [-0.2, -0.15) is 0 Å². The van der Waals surface area contributed by atoms with Crippen molar-refractivity contribution in [2.45, 2.75) is 33.1 Å². The number of carbonyl (C=O) groups is 1. The molecule has 0 amide bonds. The van der Waals surface area contributed by atoms with Crippen molar-refractivity contribution in [2.75, 3.05) is 5.73 Å². The highest BCUT2D eigenvalue weighted by molar-refractivity contribution is 5.54. The lowest BCUT2D eigenvalue weighted by Crippen LogP contribution is -1.97. The number of carbonyl (C=O) groups excluding carboxylic acids is 1. The van der Waals surface area contributed by atoms with Gasteiger partial charge in [-0.1, -0.05) is 31.9 Å². The number of rotatable bonds is 3. The Kier molecular flexibility index (Phi) is 7.61. The second-order valence-corrected chi connectivity index (χ2v) is 3.02. The summed E-state index contributed by atoms with van der Waals surface area (Å²) in [6.07, 6.45) is 1.33. The molecule has 0 aliphatic rings. The highest BCUT2D eigenvalue weighted by Gasteiger charge is 2.06. The quantitative estimate of drug-likeness (QED) is 0.480. The third-order valence-corrected chi connectivity index (χ3v) is 1.99. The molecular weight excluding hydrogens is 198 g/mol. The average Bonchev–Trinajstić information content (AvgIpc) is 2.32. The van der Waals surface area contributed by atoms with E-state index in [9.17, 15) is 4.79 Å². The van der Waals surface area contributed by atoms with Gasteiger partial charge in [0.25, 0.3) is 0 Å². The van der Waals surface area contributed by atoms with Gasteiger partial charge in [0.15, 0.2) is 0 Å². The Balaban J connectivity index is 0.00000106. The van der Waals surface area contributed by atoms with Crippen LogP contribution in [0.5, 0.6) is 0 Å². The van der Waals surface area contributed by atoms with Gasteiger partial charge >= 0.3 is 0 Å². The van der Waals surface area contributed by atoms with Gasteiger partial charge in [-0.15, -0.1) is 5.92 Å². The molecular formula is C14H19NO. The van der Waals surface area contributed by atoms with Gasteiger partial charge in [0, 0.05) is 12.1 Å². The van der Waals surface area contributed by atoms with Gasteiger partial charge in [-0.05, 0) is 24.6 Å². The number of hydrogen-bond donors (Lipinski definition) is 1. The van der Waals surface area contributed by atoms with Crippen LogP contribution >= 0.6 is 0 Å². The summed E-state index contributed by atoms with van der Waals surface area (Å²) in [5.41, 5.74) is 7.34. The monoisotopic (exact) mass is 217 g/mol. The first-order chi connectivity index (χ1) is 7.77. The van der Waals surface area contributed by atoms with Crippen LogP contribution in [-0.4, -0.2) is 6.29 Å². The van der Waals surface area contributed by atoms with E-state index in [1.807, 2.05) is 38.1 Å². The minimum atomic E-state index is -0.00176. The Morgan fingerprint density at radius 2 is 1.88 bits per heavy atom. The lowest BCUT2D eigenvalue weighted by atomic mass is 9.97. The fraction of sp³-hybridized carbons (Fsp3) is 0.357. The van der Waals surface area contributed by atoms with E-state index in [1.165, 1.54) is 0 Å². The van der Waals surface area contributed by atoms with Crippen LogP contribution in [0.2, 0.25) is 0 Å². The molecule has 0 spiro atoms. The Morgan fingerprint density at radius 3 is 2.31 bits per heavy atom. The molecule has 0 heterocycles. The second kappa shape index (κ2) is 8.55. The number of hydrogen-bond acceptors (Lipinski definition) is 2. The lowest BCUT2D eigenvalue weighted by Gasteiger charge is -2.07. The van der Waals surface area contributed by atoms with E-state index in [-0.39, 0.29) is 5.92 Å². The number of nitrogen functional groups attached to an aromatic ring is 1. The van der Waals surface area contributed by atoms with Gasteiger partial charge in [0.2, 0.25) is 0 Å². The predicted octanol–water partition coefficient (Wildman–Crippen LogP) is 2.99. The molecule has 0 aromatic heterocycles. The van der Waals surface area contributed by atoms with E-state index in [2.05, 4.69) is 11.8 Å². The second-order valence-electron chi connectivity index (χ2n) is 3.02. The number of nitrogens with two attached hydrogens (primary N) is 1. The van der Waals surface area contributed by atoms with Crippen molar-refractivity contribution in [3.8, 4) is 11.8 Å². The molecule has 0 saturated carbocycles. The molecule has 0 aliphatic heterocycles. The Labute approximate surface area is 97.9 Å². The van der Waals surface area contributed by atoms with E-state index >= 15 is 0 Å². The maximum Gasteiger partial charge on any atom is 0.121 e. The van der Waals surface area contributed by atoms with Crippen molar-refractivity contribution >= 4 is 12.0 Å². The number of aldehydes is 1. The first-order valence-corrected chi connectivity index (χ1v) is 5.49. The van der Waals surface area contributed by atoms with E-state index in [1.54, 1.807) is 6.92 Å². The van der Waals surface area contributed by atoms with E-state index < -0.39 is 0 Å². The molecule has 16 heavy (non-hydrogen) atoms. The fourth-order valence-corrected chi connectivity index (χ4v) is 1.28. The van der Waals surface area contributed by atoms with Crippen LogP contribution in [0.1, 0.15) is 38.7 Å². The molecule has 1 rings (SSSR count). The molecule has 0 bridgehead atoms. The van der Waals surface area contributed by atoms with Crippen LogP contribution in [-0.2, 0) is 4.79 Å². The van der Waals surface area contributed by atoms with Crippen LogP contribution in [0.25, 0.3) is 0 Å². The van der Waals surface area contributed by atoms with E-state index in [0.29, 0.717) is 6.42 Å². The largest absolute Gasteiger partial charge is 0.399 e. The summed E-state index contributed by atoms with van der Waals surface area (Å²) in [5.74, 6) is 5.82. The number of anilines is 1. The van der Waals surface area contributed by atoms with Crippen molar-refractivity contribution < 1.29 is 4.79 Å². The van der Waals surface area contributed by atoms with Crippen molar-refractivity contribution in [1.82, 2.24) is 0 Å². The van der Waals surface area contributed by atoms with Crippen LogP contribution in [0.4, 0.5) is 5.69 Å². The highest BCUT2D eigenvalue weighted by Crippen LogP contribution is 2.18. The molecule has 1 aromatic rings. The molecule has 1 unspecified atom stereocenters. The SMILES string of the molecule is CC.CC#CC(CC=O)c1ccc(N)cc1. The zero-order chi connectivity index (χ0) is 12.4. The standard InChI is InChI=1S/C12H13NO.C2H6/c1-2-3-10(8-9-14)11-4-6-12(13)7-5-11;1-2/h4-7,9-10H,8,13H2,1H3;1-2H3. The summed E-state index contributed by atoms with van der Waals surface area (Å²) in [5, 5.41) is 0. The molecule has 0 saturated heterocycles. The van der Waals surface area contributed by atoms with Crippen LogP contribution in [0.15, 0.2) is 24.3 Å². The molecule has 0 fully saturated rings. The molecule has 0 aliphatic carbocycles. The molecule has 86 valence electrons. The van der Waals surface area contributed by atoms with Crippen LogP contribution < -0.4 is 5.73 Å². The Morgan fingerprint density at radius 1 is 1.31 bits per heavy atom. The molecule has 1 aromatic carbocycles. The van der Waals surface area contributed by atoms with Crippen molar-refractivity contribution in [3.05, 3.63) is 29.8 Å². The first-order valence-electron chi connectivity index (χ1n) is 5.49. The van der Waals surface area contributed by atoms with E-state index in [0.717, 1.165) is 17.5 Å². The summed E-state index contributed by atoms with van der Waals surface area (Å²) >= 11 is 0. The zero-order valence-electron chi connectivity index (χ0n) is 10.2. The topological polar surface area (TPSA) is 43.1 Å². The van der Waals surface area contributed by atoms with Crippen LogP contribution in [0.3, 0.4) is 0 Å². The Bertz CT molecular complexity index is 357. The first kappa shape index (κ1) is 14.2. The summed E-state index contributed by atoms with van der Waals surface area (Å²) in [6.45, 7) is 5.77. The fourth-order valence-electron chi connectivity index (χ4n) is 1.28. The maximum atomic E-state index is 10.4. The predicted molar refractivity (Wildman–Crippen MR) is 69.1 cm³/mol. The van der Waals surface area contributed by atoms with Gasteiger partial charge in [-0.25, -0.2) is 0 Å². The average molecular weight is 217 g/mol. The lowest BCUT2D eigenvalue weighted by molar-refractivity contribution is -0.107. The third kappa shape index (κ3) is 4.65. The van der Waals surface area contributed by atoms with Gasteiger partial charge in [0.1, 0.15) is 6.29 Å². The summed E-state index contributed by atoms with van der Waals surface area (Å²) in [7, 11) is 0. The molecule has 1 atom stereocenters. The normalized spacial score (nSPS) is 10.2. The maximum absolute atomic E-state index is 10.4. The van der Waals surface area contributed by atoms with E-state index in [4.69, 9.17) is 5.73 Å². The molecule has 2 heteroatoms. The smallest absolute Gasteiger partial charge is 0.121 e. The van der Waals surface area contributed by atoms with Crippen molar-refractivity contribution in [2.24, 2.45) is 0 Å². The Hall–Kier alpha value is -1.75. The molecule has 2 nitrogen and oxygen atoms in total. The molecule has 2 N–H and O–H groups in total. The van der Waals surface area contributed by atoms with Gasteiger partial charge in [0.05, 0.1) is 5.92 Å². The highest BCUT2D eigenvalue weighted by atomic mass is 16.1. The zero-order valence-corrected chi connectivity index (χ0v) is 10.2. The summed E-state index contributed by atoms with van der Waals surface area (Å²) in [6, 6.07) is 7.47. The minimum absolute atomic E-state index is 0.00176. The third-order valence-electron chi connectivity index (χ3n) is 1.99. The molecule has 0 radical (unpaired) electrons. The van der Waals surface area contributed by atoms with Gasteiger partial charge < -0.3 is 10.5 Å². The number of benzene rings is 1. The van der Waals surface area contributed by atoms with Gasteiger partial charge in [-0.3, -0.25) is 0 Å². The summed E-state index contributed by atoms with van der Waals surface area (Å²) < 4.78 is 0. The van der Waals surface area contributed by atoms with Crippen molar-refractivity contribution in [1.29, 1.82) is 0 Å². The summed E-state index contributed by atoms with van der Waals surface area (Å²) in [4.78, 5) is 10.4.